The number of amides is 1. The monoisotopic (exact) mass is 343 g/mol. The first-order valence-electron chi connectivity index (χ1n) is 8.20. The van der Waals surface area contributed by atoms with Crippen molar-refractivity contribution < 1.29 is 19.4 Å². The van der Waals surface area contributed by atoms with E-state index in [4.69, 9.17) is 4.74 Å². The molecule has 3 rings (SSSR count). The van der Waals surface area contributed by atoms with Gasteiger partial charge in [0.2, 0.25) is 0 Å². The molecule has 0 aliphatic carbocycles. The maximum atomic E-state index is 12.7. The Bertz CT molecular complexity index is 769. The number of nitrogens with zero attached hydrogens (tertiary/aromatic N) is 3. The van der Waals surface area contributed by atoms with Gasteiger partial charge < -0.3 is 14.7 Å². The van der Waals surface area contributed by atoms with Gasteiger partial charge in [0.05, 0.1) is 18.7 Å². The summed E-state index contributed by atoms with van der Waals surface area (Å²) >= 11 is 0. The van der Waals surface area contributed by atoms with E-state index in [1.165, 1.54) is 0 Å². The van der Waals surface area contributed by atoms with Gasteiger partial charge in [-0.3, -0.25) is 9.59 Å². The van der Waals surface area contributed by atoms with Crippen molar-refractivity contribution in [3.8, 4) is 11.4 Å². The van der Waals surface area contributed by atoms with E-state index in [1.807, 2.05) is 31.2 Å². The van der Waals surface area contributed by atoms with Crippen LogP contribution in [0, 0.1) is 11.8 Å². The number of carboxylic acids is 1. The third kappa shape index (κ3) is 3.65. The number of rotatable bonds is 4. The Hall–Kier alpha value is -2.83. The number of ether oxygens (including phenoxy) is 1. The van der Waals surface area contributed by atoms with Crippen LogP contribution in [0.1, 0.15) is 23.8 Å². The summed E-state index contributed by atoms with van der Waals surface area (Å²) in [4.78, 5) is 25.6. The summed E-state index contributed by atoms with van der Waals surface area (Å²) in [6.07, 6.45) is 2.32. The highest BCUT2D eigenvalue weighted by atomic mass is 16.5. The fourth-order valence-corrected chi connectivity index (χ4v) is 3.18. The van der Waals surface area contributed by atoms with Crippen LogP contribution in [0.4, 0.5) is 0 Å². The van der Waals surface area contributed by atoms with Crippen molar-refractivity contribution in [1.82, 2.24) is 14.7 Å². The molecule has 25 heavy (non-hydrogen) atoms. The number of carboxylic acid groups (broad SMARTS) is 1. The van der Waals surface area contributed by atoms with E-state index in [1.54, 1.807) is 29.0 Å². The maximum absolute atomic E-state index is 12.7. The minimum absolute atomic E-state index is 0.155. The zero-order valence-electron chi connectivity index (χ0n) is 14.3. The highest BCUT2D eigenvalue weighted by Gasteiger charge is 2.32. The van der Waals surface area contributed by atoms with Crippen LogP contribution in [0.2, 0.25) is 0 Å². The first-order chi connectivity index (χ1) is 12.0. The number of aliphatic carboxylic acids is 1. The molecule has 1 saturated heterocycles. The maximum Gasteiger partial charge on any atom is 0.308 e. The molecule has 2 unspecified atom stereocenters. The molecule has 1 fully saturated rings. The number of likely N-dealkylation sites (tertiary alicyclic amines) is 1. The smallest absolute Gasteiger partial charge is 0.308 e. The van der Waals surface area contributed by atoms with Crippen LogP contribution in [0.15, 0.2) is 36.5 Å². The second-order valence-electron chi connectivity index (χ2n) is 6.43. The number of methoxy groups -OCH3 is 1. The summed E-state index contributed by atoms with van der Waals surface area (Å²) in [6, 6.07) is 9.00. The molecule has 7 heteroatoms. The zero-order valence-corrected chi connectivity index (χ0v) is 14.3. The van der Waals surface area contributed by atoms with Crippen molar-refractivity contribution in [3.63, 3.8) is 0 Å². The van der Waals surface area contributed by atoms with Crippen molar-refractivity contribution in [2.45, 2.75) is 13.3 Å². The predicted molar refractivity (Wildman–Crippen MR) is 90.9 cm³/mol. The van der Waals surface area contributed by atoms with Crippen molar-refractivity contribution in [3.05, 3.63) is 42.2 Å². The van der Waals surface area contributed by atoms with Crippen LogP contribution < -0.4 is 4.74 Å². The molecule has 1 aromatic carbocycles. The number of hydrogen-bond acceptors (Lipinski definition) is 4. The minimum Gasteiger partial charge on any atom is -0.497 e. The Morgan fingerprint density at radius 1 is 1.20 bits per heavy atom. The fraction of sp³-hybridized carbons (Fsp3) is 0.389. The van der Waals surface area contributed by atoms with E-state index in [-0.39, 0.29) is 18.4 Å². The van der Waals surface area contributed by atoms with E-state index in [0.717, 1.165) is 11.4 Å². The molecule has 1 amide bonds. The first-order valence-corrected chi connectivity index (χ1v) is 8.20. The molecule has 0 bridgehead atoms. The molecule has 1 N–H and O–H groups in total. The number of hydrogen-bond donors (Lipinski definition) is 1. The largest absolute Gasteiger partial charge is 0.497 e. The van der Waals surface area contributed by atoms with Crippen molar-refractivity contribution in [2.24, 2.45) is 11.8 Å². The van der Waals surface area contributed by atoms with Crippen LogP contribution in [0.5, 0.6) is 5.75 Å². The number of benzene rings is 1. The molecular formula is C18H21N3O4. The summed E-state index contributed by atoms with van der Waals surface area (Å²) < 4.78 is 6.75. The van der Waals surface area contributed by atoms with Crippen LogP contribution >= 0.6 is 0 Å². The molecule has 7 nitrogen and oxygen atoms in total. The van der Waals surface area contributed by atoms with E-state index in [0.29, 0.717) is 18.7 Å². The van der Waals surface area contributed by atoms with Crippen LogP contribution in [-0.2, 0) is 4.79 Å². The summed E-state index contributed by atoms with van der Waals surface area (Å²) in [6.45, 7) is 2.75. The molecule has 0 spiro atoms. The second-order valence-corrected chi connectivity index (χ2v) is 6.43. The van der Waals surface area contributed by atoms with Gasteiger partial charge in [0, 0.05) is 19.3 Å². The second kappa shape index (κ2) is 6.96. The molecule has 1 aliphatic rings. The Morgan fingerprint density at radius 3 is 2.56 bits per heavy atom. The van der Waals surface area contributed by atoms with Gasteiger partial charge in [-0.2, -0.15) is 5.10 Å². The van der Waals surface area contributed by atoms with Crippen LogP contribution in [-0.4, -0.2) is 51.9 Å². The average molecular weight is 343 g/mol. The zero-order chi connectivity index (χ0) is 18.0. The number of carbonyl (C=O) groups is 2. The fourth-order valence-electron chi connectivity index (χ4n) is 3.18. The molecule has 2 aromatic rings. The van der Waals surface area contributed by atoms with E-state index < -0.39 is 11.9 Å². The molecule has 1 aromatic heterocycles. The van der Waals surface area contributed by atoms with Gasteiger partial charge in [-0.15, -0.1) is 0 Å². The third-order valence-electron chi connectivity index (χ3n) is 4.44. The Kier molecular flexibility index (Phi) is 4.74. The SMILES string of the molecule is COc1ccc(-n2ccc(C(=O)N3CC(C)CC(C(=O)O)C3)n2)cc1. The van der Waals surface area contributed by atoms with E-state index in [9.17, 15) is 14.7 Å². The lowest BCUT2D eigenvalue weighted by atomic mass is 9.90. The lowest BCUT2D eigenvalue weighted by Gasteiger charge is -2.34. The summed E-state index contributed by atoms with van der Waals surface area (Å²) in [5, 5.41) is 13.6. The standard InChI is InChI=1S/C18H21N3O4/c1-12-9-13(18(23)24)11-20(10-12)17(22)16-7-8-21(19-16)14-3-5-15(25-2)6-4-14/h3-8,12-13H,9-11H2,1-2H3,(H,23,24). The molecule has 2 heterocycles. The summed E-state index contributed by atoms with van der Waals surface area (Å²) in [5.74, 6) is -0.703. The highest BCUT2D eigenvalue weighted by Crippen LogP contribution is 2.23. The molecule has 1 aliphatic heterocycles. The van der Waals surface area contributed by atoms with Crippen molar-refractivity contribution >= 4 is 11.9 Å². The molecule has 0 saturated carbocycles. The number of aromatic nitrogens is 2. The first kappa shape index (κ1) is 17.0. The van der Waals surface area contributed by atoms with Crippen molar-refractivity contribution in [2.75, 3.05) is 20.2 Å². The van der Waals surface area contributed by atoms with Gasteiger partial charge in [0.1, 0.15) is 5.75 Å². The number of piperidine rings is 1. The lowest BCUT2D eigenvalue weighted by molar-refractivity contribution is -0.143. The topological polar surface area (TPSA) is 84.7 Å². The Balaban J connectivity index is 1.76. The van der Waals surface area contributed by atoms with E-state index in [2.05, 4.69) is 5.10 Å². The van der Waals surface area contributed by atoms with Gasteiger partial charge >= 0.3 is 5.97 Å². The van der Waals surface area contributed by atoms with Crippen molar-refractivity contribution in [1.29, 1.82) is 0 Å². The Labute approximate surface area is 145 Å². The third-order valence-corrected chi connectivity index (χ3v) is 4.44. The van der Waals surface area contributed by atoms with Gasteiger partial charge in [-0.1, -0.05) is 6.92 Å². The van der Waals surface area contributed by atoms with Gasteiger partial charge in [-0.05, 0) is 42.7 Å². The lowest BCUT2D eigenvalue weighted by Crippen LogP contribution is -2.45. The predicted octanol–water partition coefficient (Wildman–Crippen LogP) is 2.06. The molecule has 0 radical (unpaired) electrons. The minimum atomic E-state index is -0.854. The normalized spacial score (nSPS) is 20.3. The highest BCUT2D eigenvalue weighted by molar-refractivity contribution is 5.92. The molecular weight excluding hydrogens is 322 g/mol. The average Bonchev–Trinajstić information content (AvgIpc) is 3.10. The van der Waals surface area contributed by atoms with Gasteiger partial charge in [0.25, 0.3) is 5.91 Å². The van der Waals surface area contributed by atoms with Gasteiger partial charge in [0.15, 0.2) is 5.69 Å². The van der Waals surface area contributed by atoms with E-state index >= 15 is 0 Å². The van der Waals surface area contributed by atoms with Crippen LogP contribution in [0.3, 0.4) is 0 Å². The molecule has 2 atom stereocenters. The van der Waals surface area contributed by atoms with Crippen LogP contribution in [0.25, 0.3) is 5.69 Å². The number of carbonyl (C=O) groups excluding carboxylic acids is 1. The Morgan fingerprint density at radius 2 is 1.92 bits per heavy atom. The quantitative estimate of drug-likeness (QED) is 0.918. The summed E-state index contributed by atoms with van der Waals surface area (Å²) in [7, 11) is 1.60. The summed E-state index contributed by atoms with van der Waals surface area (Å²) in [5.41, 5.74) is 1.13. The molecule has 132 valence electrons. The van der Waals surface area contributed by atoms with Gasteiger partial charge in [-0.25, -0.2) is 4.68 Å².